The van der Waals surface area contributed by atoms with E-state index in [2.05, 4.69) is 0 Å². The number of fused-ring (bicyclic) bond motifs is 1. The largest absolute Gasteiger partial charge is 0.461 e. The second-order valence-corrected chi connectivity index (χ2v) is 8.65. The van der Waals surface area contributed by atoms with Gasteiger partial charge in [-0.3, -0.25) is 9.59 Å². The average Bonchev–Trinajstić information content (AvgIpc) is 2.52. The highest BCUT2D eigenvalue weighted by atomic mass is 16.6. The first-order valence-electron chi connectivity index (χ1n) is 7.91. The maximum absolute atomic E-state index is 12.0. The van der Waals surface area contributed by atoms with Crippen molar-refractivity contribution in [2.45, 2.75) is 72.7 Å². The third kappa shape index (κ3) is 3.00. The monoisotopic (exact) mass is 312 g/mol. The molecule has 2 rings (SSSR count). The zero-order chi connectivity index (χ0) is 16.9. The lowest BCUT2D eigenvalue weighted by Crippen LogP contribution is -2.58. The summed E-state index contributed by atoms with van der Waals surface area (Å²) in [6, 6.07) is 0. The molecule has 0 amide bonds. The summed E-state index contributed by atoms with van der Waals surface area (Å²) in [5, 5.41) is 0. The van der Waals surface area contributed by atoms with E-state index in [1.165, 1.54) is 0 Å². The Morgan fingerprint density at radius 3 is 2.36 bits per heavy atom. The molecule has 5 heteroatoms. The van der Waals surface area contributed by atoms with Crippen LogP contribution in [0, 0.1) is 16.7 Å². The molecule has 0 N–H and O–H groups in total. The van der Waals surface area contributed by atoms with Gasteiger partial charge in [0, 0.05) is 5.41 Å². The summed E-state index contributed by atoms with van der Waals surface area (Å²) >= 11 is 0. The van der Waals surface area contributed by atoms with Crippen LogP contribution >= 0.6 is 0 Å². The Balaban J connectivity index is 2.05. The van der Waals surface area contributed by atoms with E-state index >= 15 is 0 Å². The molecule has 0 bridgehead atoms. The summed E-state index contributed by atoms with van der Waals surface area (Å²) in [5.74, 6) is -0.644. The molecule has 2 fully saturated rings. The first kappa shape index (κ1) is 17.3. The van der Waals surface area contributed by atoms with Crippen LogP contribution in [0.15, 0.2) is 0 Å². The van der Waals surface area contributed by atoms with E-state index in [9.17, 15) is 9.59 Å². The second kappa shape index (κ2) is 5.22. The van der Waals surface area contributed by atoms with Crippen molar-refractivity contribution in [2.75, 3.05) is 6.61 Å². The average molecular weight is 312 g/mol. The molecule has 1 aliphatic carbocycles. The molecule has 1 saturated carbocycles. The third-order valence-corrected chi connectivity index (χ3v) is 4.61. The van der Waals surface area contributed by atoms with Gasteiger partial charge in [-0.1, -0.05) is 6.92 Å². The topological polar surface area (TPSA) is 61.8 Å². The minimum absolute atomic E-state index is 0.0534. The Morgan fingerprint density at radius 2 is 1.86 bits per heavy atom. The smallest absolute Gasteiger partial charge is 0.311 e. The van der Waals surface area contributed by atoms with Gasteiger partial charge in [-0.15, -0.1) is 0 Å². The molecule has 0 radical (unpaired) electrons. The van der Waals surface area contributed by atoms with Crippen molar-refractivity contribution >= 4 is 11.9 Å². The zero-order valence-electron chi connectivity index (χ0n) is 14.7. The van der Waals surface area contributed by atoms with Gasteiger partial charge in [-0.25, -0.2) is 0 Å². The van der Waals surface area contributed by atoms with Crippen molar-refractivity contribution in [3.05, 3.63) is 0 Å². The minimum Gasteiger partial charge on any atom is -0.461 e. The molecule has 0 aromatic rings. The van der Waals surface area contributed by atoms with E-state index in [-0.39, 0.29) is 36.2 Å². The number of esters is 2. The van der Waals surface area contributed by atoms with Crippen LogP contribution in [0.4, 0.5) is 0 Å². The molecule has 22 heavy (non-hydrogen) atoms. The van der Waals surface area contributed by atoms with E-state index < -0.39 is 16.9 Å². The molecule has 1 aliphatic heterocycles. The van der Waals surface area contributed by atoms with Gasteiger partial charge in [0.2, 0.25) is 0 Å². The fraction of sp³-hybridized carbons (Fsp3) is 0.882. The second-order valence-electron chi connectivity index (χ2n) is 8.65. The first-order chi connectivity index (χ1) is 9.85. The van der Waals surface area contributed by atoms with Gasteiger partial charge in [0.25, 0.3) is 0 Å². The molecule has 1 saturated heterocycles. The van der Waals surface area contributed by atoms with Crippen LogP contribution in [0.1, 0.15) is 54.9 Å². The van der Waals surface area contributed by atoms with Crippen molar-refractivity contribution in [1.29, 1.82) is 0 Å². The fourth-order valence-corrected chi connectivity index (χ4v) is 3.10. The highest BCUT2D eigenvalue weighted by Crippen LogP contribution is 2.57. The Kier molecular flexibility index (Phi) is 4.10. The van der Waals surface area contributed by atoms with E-state index in [1.54, 1.807) is 20.8 Å². The Morgan fingerprint density at radius 1 is 1.27 bits per heavy atom. The maximum atomic E-state index is 12.0. The van der Waals surface area contributed by atoms with Crippen molar-refractivity contribution in [3.8, 4) is 0 Å². The summed E-state index contributed by atoms with van der Waals surface area (Å²) in [4.78, 5) is 23.9. The summed E-state index contributed by atoms with van der Waals surface area (Å²) < 4.78 is 16.9. The van der Waals surface area contributed by atoms with E-state index in [0.717, 1.165) is 0 Å². The number of carbonyl (C=O) groups excluding carboxylic acids is 2. The summed E-state index contributed by atoms with van der Waals surface area (Å²) in [7, 11) is 0. The SMILES string of the molecule is CC(C)(C)O[C@H]1C[C@@H]2C(=O)O[C@H](COC(=O)C(C)(C)C)[C@]12C. The summed E-state index contributed by atoms with van der Waals surface area (Å²) in [5.41, 5.74) is -1.26. The lowest BCUT2D eigenvalue weighted by atomic mass is 9.57. The van der Waals surface area contributed by atoms with Crippen molar-refractivity contribution < 1.29 is 23.8 Å². The summed E-state index contributed by atoms with van der Waals surface area (Å²) in [6.07, 6.45) is 0.191. The lowest BCUT2D eigenvalue weighted by Gasteiger charge is -2.51. The van der Waals surface area contributed by atoms with Crippen LogP contribution in [0.5, 0.6) is 0 Å². The summed E-state index contributed by atoms with van der Waals surface area (Å²) in [6.45, 7) is 13.5. The van der Waals surface area contributed by atoms with Gasteiger partial charge in [0.1, 0.15) is 12.7 Å². The third-order valence-electron chi connectivity index (χ3n) is 4.61. The van der Waals surface area contributed by atoms with Gasteiger partial charge < -0.3 is 14.2 Å². The lowest BCUT2D eigenvalue weighted by molar-refractivity contribution is -0.201. The van der Waals surface area contributed by atoms with Crippen LogP contribution in [0.25, 0.3) is 0 Å². The van der Waals surface area contributed by atoms with Crippen molar-refractivity contribution in [3.63, 3.8) is 0 Å². The van der Waals surface area contributed by atoms with E-state index in [0.29, 0.717) is 6.42 Å². The normalized spacial score (nSPS) is 34.7. The predicted molar refractivity (Wildman–Crippen MR) is 81.1 cm³/mol. The van der Waals surface area contributed by atoms with E-state index in [4.69, 9.17) is 14.2 Å². The molecule has 0 unspecified atom stereocenters. The van der Waals surface area contributed by atoms with Crippen LogP contribution in [-0.2, 0) is 23.8 Å². The number of hydrogen-bond donors (Lipinski definition) is 0. The molecule has 126 valence electrons. The van der Waals surface area contributed by atoms with Crippen LogP contribution < -0.4 is 0 Å². The van der Waals surface area contributed by atoms with Gasteiger partial charge in [0.05, 0.1) is 23.0 Å². The highest BCUT2D eigenvalue weighted by Gasteiger charge is 2.67. The van der Waals surface area contributed by atoms with Crippen LogP contribution in [-0.4, -0.2) is 36.4 Å². The molecule has 0 aromatic carbocycles. The minimum atomic E-state index is -0.566. The quantitative estimate of drug-likeness (QED) is 0.750. The predicted octanol–water partition coefficient (Wildman–Crippen LogP) is 2.71. The van der Waals surface area contributed by atoms with Crippen molar-refractivity contribution in [1.82, 2.24) is 0 Å². The molecule has 1 heterocycles. The molecule has 0 aromatic heterocycles. The van der Waals surface area contributed by atoms with Gasteiger partial charge in [-0.05, 0) is 48.0 Å². The van der Waals surface area contributed by atoms with Gasteiger partial charge in [-0.2, -0.15) is 0 Å². The Labute approximate surface area is 132 Å². The molecule has 2 aliphatic rings. The van der Waals surface area contributed by atoms with Gasteiger partial charge >= 0.3 is 11.9 Å². The molecular formula is C17H28O5. The molecule has 0 spiro atoms. The molecule has 5 nitrogen and oxygen atoms in total. The van der Waals surface area contributed by atoms with E-state index in [1.807, 2.05) is 27.7 Å². The number of carbonyl (C=O) groups is 2. The number of hydrogen-bond acceptors (Lipinski definition) is 5. The van der Waals surface area contributed by atoms with Crippen molar-refractivity contribution in [2.24, 2.45) is 16.7 Å². The Bertz CT molecular complexity index is 470. The highest BCUT2D eigenvalue weighted by molar-refractivity contribution is 5.78. The van der Waals surface area contributed by atoms with Crippen LogP contribution in [0.2, 0.25) is 0 Å². The number of ether oxygens (including phenoxy) is 3. The standard InChI is InChI=1S/C17H28O5/c1-15(2,3)14(19)20-9-12-17(7)10(13(18)21-12)8-11(17)22-16(4,5)6/h10-12H,8-9H2,1-7H3/t10-,11+,12-,17+/m1/s1. The first-order valence-corrected chi connectivity index (χ1v) is 7.91. The zero-order valence-corrected chi connectivity index (χ0v) is 14.7. The fourth-order valence-electron chi connectivity index (χ4n) is 3.10. The Hall–Kier alpha value is -1.10. The number of cyclic esters (lactones) is 1. The van der Waals surface area contributed by atoms with Gasteiger partial charge in [0.15, 0.2) is 0 Å². The number of rotatable bonds is 3. The maximum Gasteiger partial charge on any atom is 0.311 e. The molecule has 4 atom stereocenters. The van der Waals surface area contributed by atoms with Crippen LogP contribution in [0.3, 0.4) is 0 Å². The molecular weight excluding hydrogens is 284 g/mol.